The Kier molecular flexibility index (Phi) is 7.72. The smallest absolute Gasteiger partial charge is 0.335 e. The van der Waals surface area contributed by atoms with Crippen LogP contribution >= 0.6 is 0 Å². The molecule has 0 heterocycles. The number of aliphatic hydroxyl groups is 2. The summed E-state index contributed by atoms with van der Waals surface area (Å²) in [5.74, 6) is -0.879. The van der Waals surface area contributed by atoms with Crippen LogP contribution < -0.4 is 0 Å². The first-order chi connectivity index (χ1) is 8.78. The van der Waals surface area contributed by atoms with E-state index < -0.39 is 17.7 Å². The number of carboxylic acid groups (broad SMARTS) is 1. The normalized spacial score (nSPS) is 14.5. The molecule has 1 rings (SSSR count). The topological polar surface area (TPSA) is 77.8 Å². The average Bonchev–Trinajstić information content (AvgIpc) is 2.29. The molecule has 4 heteroatoms. The van der Waals surface area contributed by atoms with Crippen LogP contribution in [-0.2, 0) is 0 Å². The largest absolute Gasteiger partial charge is 0.478 e. The van der Waals surface area contributed by atoms with Crippen LogP contribution in [0.2, 0.25) is 0 Å². The molecule has 0 saturated carbocycles. The van der Waals surface area contributed by atoms with Gasteiger partial charge < -0.3 is 15.3 Å². The number of carbonyl (C=O) groups is 1. The van der Waals surface area contributed by atoms with Crippen LogP contribution in [0, 0.1) is 0 Å². The van der Waals surface area contributed by atoms with Crippen LogP contribution in [0.5, 0.6) is 0 Å². The van der Waals surface area contributed by atoms with E-state index in [-0.39, 0.29) is 0 Å². The zero-order valence-electron chi connectivity index (χ0n) is 11.4. The summed E-state index contributed by atoms with van der Waals surface area (Å²) >= 11 is 0. The summed E-state index contributed by atoms with van der Waals surface area (Å²) in [6.45, 7) is 6.87. The van der Waals surface area contributed by atoms with Crippen molar-refractivity contribution in [3.8, 4) is 0 Å². The van der Waals surface area contributed by atoms with Crippen LogP contribution in [0.1, 0.15) is 37.0 Å². The summed E-state index contributed by atoms with van der Waals surface area (Å²) in [6.07, 6.45) is 2.13. The molecule has 0 bridgehead atoms. The third-order valence-corrected chi connectivity index (χ3v) is 2.34. The number of aromatic carboxylic acids is 1. The second kappa shape index (κ2) is 8.45. The van der Waals surface area contributed by atoms with E-state index in [9.17, 15) is 9.90 Å². The summed E-state index contributed by atoms with van der Waals surface area (Å²) in [5, 5.41) is 26.8. The van der Waals surface area contributed by atoms with Crippen molar-refractivity contribution in [3.63, 3.8) is 0 Å². The molecule has 1 aromatic carbocycles. The number of hydrogen-bond acceptors (Lipinski definition) is 3. The molecule has 0 aliphatic rings. The molecule has 19 heavy (non-hydrogen) atoms. The highest BCUT2D eigenvalue weighted by molar-refractivity contribution is 5.87. The van der Waals surface area contributed by atoms with Crippen LogP contribution in [0.25, 0.3) is 0 Å². The molecule has 1 aromatic rings. The third kappa shape index (κ3) is 8.99. The van der Waals surface area contributed by atoms with Gasteiger partial charge in [0.05, 0.1) is 17.3 Å². The molecule has 0 radical (unpaired) electrons. The zero-order chi connectivity index (χ0) is 14.9. The first-order valence-electron chi connectivity index (χ1n) is 6.08. The van der Waals surface area contributed by atoms with Gasteiger partial charge in [-0.25, -0.2) is 4.79 Å². The summed E-state index contributed by atoms with van der Waals surface area (Å²) < 4.78 is 0. The quantitative estimate of drug-likeness (QED) is 0.715. The predicted molar refractivity (Wildman–Crippen MR) is 75.1 cm³/mol. The Morgan fingerprint density at radius 2 is 1.95 bits per heavy atom. The van der Waals surface area contributed by atoms with Gasteiger partial charge in [-0.05, 0) is 32.4 Å². The molecule has 0 fully saturated rings. The minimum Gasteiger partial charge on any atom is -0.478 e. The molecule has 2 unspecified atom stereocenters. The standard InChI is InChI=1S/C8H16O2.C7H6O2/c1-4-5-8(3,10)6-7(2)9;8-7(9)6-4-2-1-3-5-6/h4,7,9-10H,1,5-6H2,2-3H3;1-5H,(H,8,9). The molecular formula is C15H22O4. The van der Waals surface area contributed by atoms with Gasteiger partial charge in [0.25, 0.3) is 0 Å². The van der Waals surface area contributed by atoms with Crippen molar-refractivity contribution < 1.29 is 20.1 Å². The van der Waals surface area contributed by atoms with E-state index in [0.29, 0.717) is 18.4 Å². The van der Waals surface area contributed by atoms with Gasteiger partial charge in [-0.3, -0.25) is 0 Å². The fraction of sp³-hybridized carbons (Fsp3) is 0.400. The number of rotatable bonds is 5. The molecule has 0 saturated heterocycles. The van der Waals surface area contributed by atoms with Gasteiger partial charge >= 0.3 is 5.97 Å². The summed E-state index contributed by atoms with van der Waals surface area (Å²) in [6, 6.07) is 8.30. The fourth-order valence-electron chi connectivity index (χ4n) is 1.61. The zero-order valence-corrected chi connectivity index (χ0v) is 11.4. The van der Waals surface area contributed by atoms with Crippen LogP contribution in [0.4, 0.5) is 0 Å². The average molecular weight is 266 g/mol. The number of benzene rings is 1. The Hall–Kier alpha value is -1.65. The van der Waals surface area contributed by atoms with Crippen LogP contribution in [0.3, 0.4) is 0 Å². The lowest BCUT2D eigenvalue weighted by molar-refractivity contribution is 0.0120. The second-order valence-electron chi connectivity index (χ2n) is 4.71. The third-order valence-electron chi connectivity index (χ3n) is 2.34. The van der Waals surface area contributed by atoms with Crippen LogP contribution in [-0.4, -0.2) is 33.0 Å². The highest BCUT2D eigenvalue weighted by Crippen LogP contribution is 2.16. The van der Waals surface area contributed by atoms with Crippen molar-refractivity contribution in [1.29, 1.82) is 0 Å². The van der Waals surface area contributed by atoms with E-state index in [4.69, 9.17) is 10.2 Å². The van der Waals surface area contributed by atoms with E-state index >= 15 is 0 Å². The van der Waals surface area contributed by atoms with Crippen molar-refractivity contribution in [2.45, 2.75) is 38.4 Å². The first kappa shape index (κ1) is 17.4. The van der Waals surface area contributed by atoms with Crippen molar-refractivity contribution in [2.75, 3.05) is 0 Å². The molecule has 0 aliphatic carbocycles. The summed E-state index contributed by atoms with van der Waals surface area (Å²) in [7, 11) is 0. The van der Waals surface area contributed by atoms with Crippen molar-refractivity contribution >= 4 is 5.97 Å². The highest BCUT2D eigenvalue weighted by Gasteiger charge is 2.20. The Bertz CT molecular complexity index is 382. The second-order valence-corrected chi connectivity index (χ2v) is 4.71. The number of carboxylic acids is 1. The lowest BCUT2D eigenvalue weighted by Gasteiger charge is -2.22. The molecular weight excluding hydrogens is 244 g/mol. The molecule has 0 aliphatic heterocycles. The minimum atomic E-state index is -0.879. The maximum atomic E-state index is 10.2. The Morgan fingerprint density at radius 3 is 2.26 bits per heavy atom. The maximum Gasteiger partial charge on any atom is 0.335 e. The van der Waals surface area contributed by atoms with E-state index in [0.717, 1.165) is 0 Å². The van der Waals surface area contributed by atoms with E-state index in [1.165, 1.54) is 0 Å². The SMILES string of the molecule is C=CCC(C)(O)CC(C)O.O=C(O)c1ccccc1. The molecule has 0 aromatic heterocycles. The Morgan fingerprint density at radius 1 is 1.42 bits per heavy atom. The van der Waals surface area contributed by atoms with Gasteiger partial charge in [-0.2, -0.15) is 0 Å². The Balaban J connectivity index is 0.000000342. The van der Waals surface area contributed by atoms with E-state index in [1.807, 2.05) is 0 Å². The number of hydrogen-bond donors (Lipinski definition) is 3. The van der Waals surface area contributed by atoms with Crippen molar-refractivity contribution in [2.24, 2.45) is 0 Å². The molecule has 106 valence electrons. The highest BCUT2D eigenvalue weighted by atomic mass is 16.4. The van der Waals surface area contributed by atoms with Gasteiger partial charge in [0.2, 0.25) is 0 Å². The van der Waals surface area contributed by atoms with Gasteiger partial charge in [0, 0.05) is 6.42 Å². The minimum absolute atomic E-state index is 0.331. The number of aliphatic hydroxyl groups excluding tert-OH is 1. The van der Waals surface area contributed by atoms with E-state index in [2.05, 4.69) is 6.58 Å². The van der Waals surface area contributed by atoms with Gasteiger partial charge in [0.15, 0.2) is 0 Å². The monoisotopic (exact) mass is 266 g/mol. The van der Waals surface area contributed by atoms with E-state index in [1.54, 1.807) is 50.3 Å². The van der Waals surface area contributed by atoms with Crippen molar-refractivity contribution in [1.82, 2.24) is 0 Å². The predicted octanol–water partition coefficient (Wildman–Crippen LogP) is 2.47. The molecule has 0 amide bonds. The maximum absolute atomic E-state index is 10.2. The first-order valence-corrected chi connectivity index (χ1v) is 6.08. The Labute approximate surface area is 114 Å². The van der Waals surface area contributed by atoms with Gasteiger partial charge in [-0.15, -0.1) is 6.58 Å². The van der Waals surface area contributed by atoms with Crippen molar-refractivity contribution in [3.05, 3.63) is 48.6 Å². The van der Waals surface area contributed by atoms with Gasteiger partial charge in [-0.1, -0.05) is 24.3 Å². The lowest BCUT2D eigenvalue weighted by Crippen LogP contribution is -2.27. The molecule has 0 spiro atoms. The molecule has 3 N–H and O–H groups in total. The molecule has 4 nitrogen and oxygen atoms in total. The molecule has 2 atom stereocenters. The van der Waals surface area contributed by atoms with Crippen LogP contribution in [0.15, 0.2) is 43.0 Å². The van der Waals surface area contributed by atoms with Gasteiger partial charge in [0.1, 0.15) is 0 Å². The summed E-state index contributed by atoms with van der Waals surface area (Å²) in [4.78, 5) is 10.2. The summed E-state index contributed by atoms with van der Waals surface area (Å²) in [5.41, 5.74) is -0.465. The fourth-order valence-corrected chi connectivity index (χ4v) is 1.61. The lowest BCUT2D eigenvalue weighted by atomic mass is 9.95.